The summed E-state index contributed by atoms with van der Waals surface area (Å²) in [5.41, 5.74) is 2.31. The highest BCUT2D eigenvalue weighted by Gasteiger charge is 2.24. The Bertz CT molecular complexity index is 817. The monoisotopic (exact) mass is 506 g/mol. The van der Waals surface area contributed by atoms with Crippen LogP contribution in [0, 0.1) is 11.8 Å². The molecule has 1 aliphatic carbocycles. The fourth-order valence-corrected chi connectivity index (χ4v) is 6.03. The Hall–Kier alpha value is -1.90. The maximum atomic E-state index is 6.10. The Morgan fingerprint density at radius 2 is 1.24 bits per heavy atom. The average molecular weight is 507 g/mol. The van der Waals surface area contributed by atoms with E-state index in [1.54, 1.807) is 0 Å². The first-order valence-electron chi connectivity index (χ1n) is 15.8. The van der Waals surface area contributed by atoms with Gasteiger partial charge in [-0.2, -0.15) is 0 Å². The zero-order valence-corrected chi connectivity index (χ0v) is 24.1. The van der Waals surface area contributed by atoms with Gasteiger partial charge in [0.2, 0.25) is 0 Å². The van der Waals surface area contributed by atoms with Crippen molar-refractivity contribution in [1.29, 1.82) is 0 Å². The highest BCUT2D eigenvalue weighted by molar-refractivity contribution is 5.55. The smallest absolute Gasteiger partial charge is 0.159 e. The average Bonchev–Trinajstić information content (AvgIpc) is 2.94. The van der Waals surface area contributed by atoms with Crippen molar-refractivity contribution in [1.82, 2.24) is 9.97 Å². The van der Waals surface area contributed by atoms with Crippen LogP contribution < -0.4 is 4.74 Å². The molecule has 3 rings (SSSR count). The number of hydrogen-bond acceptors (Lipinski definition) is 3. The van der Waals surface area contributed by atoms with E-state index in [0.717, 1.165) is 42.0 Å². The van der Waals surface area contributed by atoms with Gasteiger partial charge in [0.15, 0.2) is 5.82 Å². The number of ether oxygens (including phenoxy) is 1. The lowest BCUT2D eigenvalue weighted by Gasteiger charge is -2.31. The summed E-state index contributed by atoms with van der Waals surface area (Å²) < 4.78 is 6.10. The molecular formula is C34H54N2O. The number of hydrogen-bond donors (Lipinski definition) is 0. The molecule has 1 saturated carbocycles. The molecule has 3 nitrogen and oxygen atoms in total. The molecule has 1 aromatic carbocycles. The predicted octanol–water partition coefficient (Wildman–Crippen LogP) is 10.4. The van der Waals surface area contributed by atoms with E-state index >= 15 is 0 Å². The third-order valence-electron chi connectivity index (χ3n) is 8.37. The largest absolute Gasteiger partial charge is 0.494 e. The molecule has 0 saturated heterocycles. The summed E-state index contributed by atoms with van der Waals surface area (Å²) >= 11 is 0. The van der Waals surface area contributed by atoms with E-state index < -0.39 is 0 Å². The number of nitrogens with zero attached hydrogens (tertiary/aromatic N) is 2. The summed E-state index contributed by atoms with van der Waals surface area (Å²) in [6.07, 6.45) is 29.8. The first kappa shape index (κ1) is 29.7. The molecule has 1 aromatic heterocycles. The van der Waals surface area contributed by atoms with Gasteiger partial charge in [-0.1, -0.05) is 110 Å². The van der Waals surface area contributed by atoms with Crippen molar-refractivity contribution in [2.24, 2.45) is 11.8 Å². The first-order valence-corrected chi connectivity index (χ1v) is 15.8. The minimum Gasteiger partial charge on any atom is -0.494 e. The molecule has 206 valence electrons. The fraction of sp³-hybridized carbons (Fsp3) is 0.706. The Kier molecular flexibility index (Phi) is 14.7. The zero-order chi connectivity index (χ0) is 26.0. The van der Waals surface area contributed by atoms with E-state index in [1.807, 2.05) is 12.4 Å². The van der Waals surface area contributed by atoms with Gasteiger partial charge in [-0.3, -0.25) is 0 Å². The van der Waals surface area contributed by atoms with Crippen LogP contribution in [0.2, 0.25) is 0 Å². The summed E-state index contributed by atoms with van der Waals surface area (Å²) in [4.78, 5) is 9.26. The van der Waals surface area contributed by atoms with Crippen molar-refractivity contribution < 1.29 is 4.74 Å². The molecule has 2 atom stereocenters. The summed E-state index contributed by atoms with van der Waals surface area (Å²) in [6.45, 7) is 5.40. The molecule has 1 aliphatic rings. The molecular weight excluding hydrogens is 452 g/mol. The number of rotatable bonds is 19. The van der Waals surface area contributed by atoms with Gasteiger partial charge >= 0.3 is 0 Å². The Balaban J connectivity index is 1.33. The molecule has 2 aromatic rings. The van der Waals surface area contributed by atoms with Crippen LogP contribution in [-0.4, -0.2) is 16.6 Å². The zero-order valence-electron chi connectivity index (χ0n) is 24.1. The van der Waals surface area contributed by atoms with Crippen molar-refractivity contribution in [3.05, 3.63) is 42.2 Å². The highest BCUT2D eigenvalue weighted by Crippen LogP contribution is 2.36. The molecule has 1 heterocycles. The van der Waals surface area contributed by atoms with Gasteiger partial charge in [0, 0.05) is 18.0 Å². The molecule has 37 heavy (non-hydrogen) atoms. The lowest BCUT2D eigenvalue weighted by molar-refractivity contribution is 0.190. The molecule has 0 aliphatic heterocycles. The van der Waals surface area contributed by atoms with Crippen molar-refractivity contribution in [2.75, 3.05) is 6.61 Å². The van der Waals surface area contributed by atoms with Crippen molar-refractivity contribution in [3.63, 3.8) is 0 Å². The quantitative estimate of drug-likeness (QED) is 0.178. The summed E-state index contributed by atoms with van der Waals surface area (Å²) in [5, 5.41) is 0. The maximum absolute atomic E-state index is 6.10. The van der Waals surface area contributed by atoms with Crippen LogP contribution in [0.15, 0.2) is 36.7 Å². The molecule has 0 radical (unpaired) electrons. The molecule has 1 fully saturated rings. The van der Waals surface area contributed by atoms with E-state index in [1.165, 1.54) is 121 Å². The maximum Gasteiger partial charge on any atom is 0.159 e. The van der Waals surface area contributed by atoms with Crippen LogP contribution in [0.4, 0.5) is 0 Å². The minimum atomic E-state index is 0.803. The van der Waals surface area contributed by atoms with Gasteiger partial charge in [0.1, 0.15) is 5.75 Å². The Morgan fingerprint density at radius 3 is 1.89 bits per heavy atom. The van der Waals surface area contributed by atoms with Crippen LogP contribution in [0.5, 0.6) is 5.75 Å². The first-order chi connectivity index (χ1) is 18.3. The number of aryl methyl sites for hydroxylation is 1. The summed E-state index contributed by atoms with van der Waals surface area (Å²) in [6, 6.07) is 8.33. The topological polar surface area (TPSA) is 35.0 Å². The van der Waals surface area contributed by atoms with Crippen molar-refractivity contribution in [3.8, 4) is 17.1 Å². The standard InChI is InChI=1S/C34H54N2O/c1-3-5-7-9-10-11-12-17-29-27-35-34(36-28-29)32-22-24-33(25-23-32)37-26-16-21-31-20-15-14-19-30(31)18-13-8-6-4-2/h22-25,27-28,30-31H,3-21,26H2,1-2H3. The van der Waals surface area contributed by atoms with Gasteiger partial charge in [-0.25, -0.2) is 9.97 Å². The van der Waals surface area contributed by atoms with Gasteiger partial charge < -0.3 is 4.74 Å². The van der Waals surface area contributed by atoms with E-state index in [9.17, 15) is 0 Å². The van der Waals surface area contributed by atoms with E-state index in [2.05, 4.69) is 48.1 Å². The molecule has 2 unspecified atom stereocenters. The lowest BCUT2D eigenvalue weighted by Crippen LogP contribution is -2.20. The van der Waals surface area contributed by atoms with Crippen molar-refractivity contribution >= 4 is 0 Å². The minimum absolute atomic E-state index is 0.803. The van der Waals surface area contributed by atoms with Crippen LogP contribution in [0.1, 0.15) is 135 Å². The molecule has 0 bridgehead atoms. The molecule has 0 amide bonds. The predicted molar refractivity (Wildman–Crippen MR) is 158 cm³/mol. The number of aromatic nitrogens is 2. The Morgan fingerprint density at radius 1 is 0.676 bits per heavy atom. The summed E-state index contributed by atoms with van der Waals surface area (Å²) in [7, 11) is 0. The van der Waals surface area contributed by atoms with Gasteiger partial charge in [-0.15, -0.1) is 0 Å². The number of benzene rings is 1. The summed E-state index contributed by atoms with van der Waals surface area (Å²) in [5.74, 6) is 3.65. The van der Waals surface area contributed by atoms with Crippen LogP contribution in [0.3, 0.4) is 0 Å². The van der Waals surface area contributed by atoms with E-state index in [-0.39, 0.29) is 0 Å². The molecule has 0 N–H and O–H groups in total. The van der Waals surface area contributed by atoms with Crippen LogP contribution in [-0.2, 0) is 6.42 Å². The second kappa shape index (κ2) is 18.4. The van der Waals surface area contributed by atoms with Gasteiger partial charge in [-0.05, 0) is 67.3 Å². The normalized spacial score (nSPS) is 17.7. The van der Waals surface area contributed by atoms with Gasteiger partial charge in [0.25, 0.3) is 0 Å². The molecule has 0 spiro atoms. The third-order valence-corrected chi connectivity index (χ3v) is 8.37. The lowest BCUT2D eigenvalue weighted by atomic mass is 9.74. The SMILES string of the molecule is CCCCCCCCCc1cnc(-c2ccc(OCCCC3CCCCC3CCCCCC)cc2)nc1. The van der Waals surface area contributed by atoms with Crippen LogP contribution in [0.25, 0.3) is 11.4 Å². The second-order valence-corrected chi connectivity index (χ2v) is 11.5. The number of unbranched alkanes of at least 4 members (excludes halogenated alkanes) is 9. The van der Waals surface area contributed by atoms with Gasteiger partial charge in [0.05, 0.1) is 6.61 Å². The van der Waals surface area contributed by atoms with E-state index in [4.69, 9.17) is 4.74 Å². The van der Waals surface area contributed by atoms with Crippen molar-refractivity contribution in [2.45, 2.75) is 136 Å². The van der Waals surface area contributed by atoms with Crippen LogP contribution >= 0.6 is 0 Å². The fourth-order valence-electron chi connectivity index (χ4n) is 6.03. The second-order valence-electron chi connectivity index (χ2n) is 11.5. The highest BCUT2D eigenvalue weighted by atomic mass is 16.5. The Labute approximate surface area is 228 Å². The molecule has 3 heteroatoms. The third kappa shape index (κ3) is 11.6. The van der Waals surface area contributed by atoms with E-state index in [0.29, 0.717) is 0 Å².